The number of nitrogens with zero attached hydrogens (tertiary/aromatic N) is 1. The fraction of sp³-hybridized carbons (Fsp3) is 0.474. The van der Waals surface area contributed by atoms with Crippen molar-refractivity contribution in [1.29, 1.82) is 0 Å². The molecule has 2 fully saturated rings. The van der Waals surface area contributed by atoms with Gasteiger partial charge in [-0.1, -0.05) is 23.4 Å². The molecule has 2 atom stereocenters. The van der Waals surface area contributed by atoms with Gasteiger partial charge in [0.2, 0.25) is 0 Å². The Hall–Kier alpha value is -2.14. The Morgan fingerprint density at radius 2 is 2.17 bits per heavy atom. The van der Waals surface area contributed by atoms with Crippen molar-refractivity contribution in [3.05, 3.63) is 47.2 Å². The molecule has 5 heteroatoms. The molecular formula is C19H25N3O2. The summed E-state index contributed by atoms with van der Waals surface area (Å²) in [6, 6.07) is 10.5. The number of carbonyl (C=O) groups excluding carboxylic acids is 1. The normalized spacial score (nSPS) is 21.6. The number of nitrogens with one attached hydrogen (secondary N) is 2. The first kappa shape index (κ1) is 16.7. The lowest BCUT2D eigenvalue weighted by Gasteiger charge is -2.03. The Morgan fingerprint density at radius 1 is 1.33 bits per heavy atom. The smallest absolute Gasteiger partial charge is 0.169 e. The topological polar surface area (TPSA) is 67.2 Å². The second-order valence-electron chi connectivity index (χ2n) is 6.66. The minimum absolute atomic E-state index is 0.638. The van der Waals surface area contributed by atoms with Crippen LogP contribution in [0.5, 0.6) is 0 Å². The van der Waals surface area contributed by atoms with E-state index in [0.29, 0.717) is 12.0 Å². The average Bonchev–Trinajstić information content (AvgIpc) is 3.52. The summed E-state index contributed by atoms with van der Waals surface area (Å²) in [5, 5.41) is 10.1. The van der Waals surface area contributed by atoms with Gasteiger partial charge in [0.05, 0.1) is 0 Å². The SMILES string of the molecule is CNc1cc(C)on1.O=Cc1cccc(C2CC2NCC2CC2)c1. The molecule has 1 aromatic heterocycles. The van der Waals surface area contributed by atoms with Crippen LogP contribution in [0.1, 0.15) is 46.9 Å². The van der Waals surface area contributed by atoms with Crippen LogP contribution >= 0.6 is 0 Å². The highest BCUT2D eigenvalue weighted by Gasteiger charge is 2.38. The minimum atomic E-state index is 0.638. The number of aryl methyl sites for hydroxylation is 1. The average molecular weight is 327 g/mol. The lowest BCUT2D eigenvalue weighted by molar-refractivity contribution is 0.112. The van der Waals surface area contributed by atoms with Crippen molar-refractivity contribution in [3.8, 4) is 0 Å². The molecular weight excluding hydrogens is 302 g/mol. The second-order valence-corrected chi connectivity index (χ2v) is 6.66. The summed E-state index contributed by atoms with van der Waals surface area (Å²) in [5.74, 6) is 3.19. The van der Waals surface area contributed by atoms with Crippen LogP contribution in [0.4, 0.5) is 5.82 Å². The standard InChI is InChI=1S/C14H17NO.C5H8N2O/c16-9-11-2-1-3-12(6-11)13-7-14(13)15-8-10-4-5-10;1-4-3-5(6-2)7-8-4/h1-3,6,9-10,13-15H,4-5,7-8H2;3H,1-2H3,(H,6,7). The van der Waals surface area contributed by atoms with Gasteiger partial charge in [-0.25, -0.2) is 0 Å². The Kier molecular flexibility index (Phi) is 5.30. The Balaban J connectivity index is 0.000000179. The largest absolute Gasteiger partial charge is 0.370 e. The third-order valence-electron chi connectivity index (χ3n) is 4.52. The maximum atomic E-state index is 10.7. The van der Waals surface area contributed by atoms with Crippen LogP contribution < -0.4 is 10.6 Å². The molecule has 5 nitrogen and oxygen atoms in total. The van der Waals surface area contributed by atoms with Crippen molar-refractivity contribution in [2.45, 2.75) is 38.1 Å². The number of anilines is 1. The molecule has 0 bridgehead atoms. The molecule has 2 unspecified atom stereocenters. The van der Waals surface area contributed by atoms with E-state index in [1.807, 2.05) is 31.2 Å². The summed E-state index contributed by atoms with van der Waals surface area (Å²) in [6.07, 6.45) is 4.98. The van der Waals surface area contributed by atoms with Gasteiger partial charge in [-0.2, -0.15) is 0 Å². The predicted octanol–water partition coefficient (Wildman–Crippen LogP) is 3.38. The van der Waals surface area contributed by atoms with Crippen LogP contribution in [0.2, 0.25) is 0 Å². The van der Waals surface area contributed by atoms with E-state index >= 15 is 0 Å². The Morgan fingerprint density at radius 3 is 2.75 bits per heavy atom. The number of carbonyl (C=O) groups is 1. The first-order chi connectivity index (χ1) is 11.7. The zero-order valence-corrected chi connectivity index (χ0v) is 14.3. The third kappa shape index (κ3) is 4.68. The molecule has 0 spiro atoms. The van der Waals surface area contributed by atoms with Crippen molar-refractivity contribution < 1.29 is 9.32 Å². The van der Waals surface area contributed by atoms with Crippen molar-refractivity contribution in [1.82, 2.24) is 10.5 Å². The molecule has 0 amide bonds. The summed E-state index contributed by atoms with van der Waals surface area (Å²) in [6.45, 7) is 3.04. The molecule has 1 heterocycles. The fourth-order valence-electron chi connectivity index (χ4n) is 2.78. The van der Waals surface area contributed by atoms with Crippen molar-refractivity contribution in [3.63, 3.8) is 0 Å². The number of aldehydes is 1. The van der Waals surface area contributed by atoms with Crippen molar-refractivity contribution in [2.24, 2.45) is 5.92 Å². The highest BCUT2D eigenvalue weighted by molar-refractivity contribution is 5.75. The molecule has 4 rings (SSSR count). The van der Waals surface area contributed by atoms with Crippen molar-refractivity contribution >= 4 is 12.1 Å². The molecule has 2 saturated carbocycles. The van der Waals surface area contributed by atoms with E-state index in [9.17, 15) is 4.79 Å². The molecule has 0 aliphatic heterocycles. The van der Waals surface area contributed by atoms with E-state index in [2.05, 4.69) is 21.9 Å². The van der Waals surface area contributed by atoms with Crippen LogP contribution in [-0.4, -0.2) is 31.1 Å². The Labute approximate surface area is 142 Å². The molecule has 2 aromatic rings. The Bertz CT molecular complexity index is 679. The van der Waals surface area contributed by atoms with Gasteiger partial charge in [0, 0.05) is 30.6 Å². The number of hydrogen-bond donors (Lipinski definition) is 2. The van der Waals surface area contributed by atoms with Crippen LogP contribution in [-0.2, 0) is 0 Å². The molecule has 1 aromatic carbocycles. The van der Waals surface area contributed by atoms with E-state index < -0.39 is 0 Å². The van der Waals surface area contributed by atoms with E-state index in [-0.39, 0.29) is 0 Å². The first-order valence-corrected chi connectivity index (χ1v) is 8.59. The minimum Gasteiger partial charge on any atom is -0.370 e. The molecule has 0 saturated heterocycles. The van der Waals surface area contributed by atoms with Crippen LogP contribution in [0, 0.1) is 12.8 Å². The summed E-state index contributed by atoms with van der Waals surface area (Å²) in [5.41, 5.74) is 2.11. The monoisotopic (exact) mass is 327 g/mol. The lowest BCUT2D eigenvalue weighted by Crippen LogP contribution is -2.20. The quantitative estimate of drug-likeness (QED) is 0.796. The van der Waals surface area contributed by atoms with Crippen LogP contribution in [0.15, 0.2) is 34.9 Å². The molecule has 0 radical (unpaired) electrons. The van der Waals surface area contributed by atoms with Crippen molar-refractivity contribution in [2.75, 3.05) is 18.9 Å². The van der Waals surface area contributed by atoms with Gasteiger partial charge in [-0.05, 0) is 50.3 Å². The summed E-state index contributed by atoms with van der Waals surface area (Å²) >= 11 is 0. The van der Waals surface area contributed by atoms with E-state index in [1.165, 1.54) is 31.4 Å². The number of hydrogen-bond acceptors (Lipinski definition) is 5. The molecule has 128 valence electrons. The molecule has 2 aliphatic rings. The molecule has 2 aliphatic carbocycles. The summed E-state index contributed by atoms with van der Waals surface area (Å²) in [4.78, 5) is 10.7. The van der Waals surface area contributed by atoms with Crippen LogP contribution in [0.3, 0.4) is 0 Å². The zero-order chi connectivity index (χ0) is 16.9. The van der Waals surface area contributed by atoms with Gasteiger partial charge in [0.1, 0.15) is 12.0 Å². The number of benzene rings is 1. The van der Waals surface area contributed by atoms with E-state index in [0.717, 1.165) is 29.3 Å². The number of rotatable bonds is 6. The third-order valence-corrected chi connectivity index (χ3v) is 4.52. The van der Waals surface area contributed by atoms with E-state index in [4.69, 9.17) is 4.52 Å². The van der Waals surface area contributed by atoms with Gasteiger partial charge >= 0.3 is 0 Å². The maximum Gasteiger partial charge on any atom is 0.169 e. The maximum absolute atomic E-state index is 10.7. The highest BCUT2D eigenvalue weighted by atomic mass is 16.5. The first-order valence-electron chi connectivity index (χ1n) is 8.59. The second kappa shape index (κ2) is 7.62. The summed E-state index contributed by atoms with van der Waals surface area (Å²) < 4.78 is 4.74. The van der Waals surface area contributed by atoms with Gasteiger partial charge in [-0.3, -0.25) is 4.79 Å². The van der Waals surface area contributed by atoms with Gasteiger partial charge in [0.25, 0.3) is 0 Å². The fourth-order valence-corrected chi connectivity index (χ4v) is 2.78. The van der Waals surface area contributed by atoms with Gasteiger partial charge < -0.3 is 15.2 Å². The van der Waals surface area contributed by atoms with Crippen LogP contribution in [0.25, 0.3) is 0 Å². The number of aromatic nitrogens is 1. The molecule has 24 heavy (non-hydrogen) atoms. The van der Waals surface area contributed by atoms with Gasteiger partial charge in [-0.15, -0.1) is 0 Å². The molecule has 2 N–H and O–H groups in total. The summed E-state index contributed by atoms with van der Waals surface area (Å²) in [7, 11) is 1.80. The van der Waals surface area contributed by atoms with E-state index in [1.54, 1.807) is 7.05 Å². The van der Waals surface area contributed by atoms with Gasteiger partial charge in [0.15, 0.2) is 5.82 Å². The lowest BCUT2D eigenvalue weighted by atomic mass is 10.1. The highest BCUT2D eigenvalue weighted by Crippen LogP contribution is 2.41. The predicted molar refractivity (Wildman–Crippen MR) is 94.5 cm³/mol. The zero-order valence-electron chi connectivity index (χ0n) is 14.3.